The first-order valence-corrected chi connectivity index (χ1v) is 6.99. The number of hydrogen-bond acceptors (Lipinski definition) is 4. The second-order valence-corrected chi connectivity index (χ2v) is 5.46. The van der Waals surface area contributed by atoms with E-state index >= 15 is 0 Å². The third kappa shape index (κ3) is 3.91. The fourth-order valence-corrected chi connectivity index (χ4v) is 2.59. The van der Waals surface area contributed by atoms with E-state index in [-0.39, 0.29) is 11.6 Å². The number of esters is 1. The quantitative estimate of drug-likeness (QED) is 0.683. The van der Waals surface area contributed by atoms with E-state index in [0.717, 1.165) is 12.1 Å². The summed E-state index contributed by atoms with van der Waals surface area (Å²) in [7, 11) is 1.21. The van der Waals surface area contributed by atoms with Gasteiger partial charge in [0.05, 0.1) is 12.7 Å². The summed E-state index contributed by atoms with van der Waals surface area (Å²) in [5, 5.41) is 2.82. The lowest BCUT2D eigenvalue weighted by Crippen LogP contribution is -2.34. The van der Waals surface area contributed by atoms with E-state index in [0.29, 0.717) is 12.1 Å². The molecular weight excluding hydrogens is 311 g/mol. The number of ketones is 1. The van der Waals surface area contributed by atoms with Gasteiger partial charge in [-0.15, -0.1) is 0 Å². The average Bonchev–Trinajstić information content (AvgIpc) is 2.45. The SMILES string of the molecule is COC(=O)[C@@H]1C(=O)C=C(Nc2cccc(C(F)(F)F)c2)C[C@H]1C. The molecule has 0 aromatic heterocycles. The lowest BCUT2D eigenvalue weighted by atomic mass is 9.82. The Labute approximate surface area is 131 Å². The van der Waals surface area contributed by atoms with E-state index in [1.807, 2.05) is 0 Å². The van der Waals surface area contributed by atoms with Crippen LogP contribution in [-0.2, 0) is 20.5 Å². The molecule has 1 aliphatic carbocycles. The minimum atomic E-state index is -4.43. The molecule has 1 aromatic rings. The summed E-state index contributed by atoms with van der Waals surface area (Å²) in [4.78, 5) is 23.6. The van der Waals surface area contributed by atoms with Crippen LogP contribution in [0.15, 0.2) is 36.0 Å². The van der Waals surface area contributed by atoms with Gasteiger partial charge in [-0.1, -0.05) is 13.0 Å². The molecule has 0 saturated carbocycles. The fraction of sp³-hybridized carbons (Fsp3) is 0.375. The van der Waals surface area contributed by atoms with Crippen LogP contribution in [0.3, 0.4) is 0 Å². The van der Waals surface area contributed by atoms with E-state index in [2.05, 4.69) is 10.1 Å². The van der Waals surface area contributed by atoms with Crippen molar-refractivity contribution in [3.63, 3.8) is 0 Å². The molecule has 0 bridgehead atoms. The Morgan fingerprint density at radius 3 is 2.61 bits per heavy atom. The number of rotatable bonds is 3. The summed E-state index contributed by atoms with van der Waals surface area (Å²) in [5.41, 5.74) is -0.0599. The largest absolute Gasteiger partial charge is 0.468 e. The Balaban J connectivity index is 2.19. The maximum Gasteiger partial charge on any atom is 0.416 e. The lowest BCUT2D eigenvalue weighted by Gasteiger charge is -2.26. The predicted octanol–water partition coefficient (Wildman–Crippen LogP) is 3.40. The van der Waals surface area contributed by atoms with Gasteiger partial charge in [0.2, 0.25) is 0 Å². The highest BCUT2D eigenvalue weighted by atomic mass is 19.4. The highest BCUT2D eigenvalue weighted by Gasteiger charge is 2.36. The van der Waals surface area contributed by atoms with Crippen molar-refractivity contribution in [1.29, 1.82) is 0 Å². The summed E-state index contributed by atoms with van der Waals surface area (Å²) in [6.45, 7) is 1.72. The van der Waals surface area contributed by atoms with Crippen molar-refractivity contribution < 1.29 is 27.5 Å². The zero-order valence-electron chi connectivity index (χ0n) is 12.6. The molecule has 0 aliphatic heterocycles. The molecule has 124 valence electrons. The van der Waals surface area contributed by atoms with Crippen LogP contribution >= 0.6 is 0 Å². The maximum atomic E-state index is 12.7. The topological polar surface area (TPSA) is 55.4 Å². The summed E-state index contributed by atoms with van der Waals surface area (Å²) in [5.74, 6) is -2.18. The molecule has 2 rings (SSSR count). The van der Waals surface area contributed by atoms with Crippen LogP contribution in [0.4, 0.5) is 18.9 Å². The first kappa shape index (κ1) is 17.1. The van der Waals surface area contributed by atoms with Gasteiger partial charge < -0.3 is 10.1 Å². The molecule has 1 N–H and O–H groups in total. The number of carbonyl (C=O) groups excluding carboxylic acids is 2. The number of carbonyl (C=O) groups is 2. The molecule has 0 heterocycles. The summed E-state index contributed by atoms with van der Waals surface area (Å²) < 4.78 is 42.7. The molecule has 0 amide bonds. The Hall–Kier alpha value is -2.31. The number of allylic oxidation sites excluding steroid dienone is 2. The summed E-state index contributed by atoms with van der Waals surface area (Å²) in [6.07, 6.45) is -2.82. The smallest absolute Gasteiger partial charge is 0.416 e. The minimum absolute atomic E-state index is 0.239. The molecule has 0 saturated heterocycles. The first-order valence-electron chi connectivity index (χ1n) is 6.99. The highest BCUT2D eigenvalue weighted by Crippen LogP contribution is 2.32. The summed E-state index contributed by atoms with van der Waals surface area (Å²) in [6, 6.07) is 4.72. The average molecular weight is 327 g/mol. The second kappa shape index (κ2) is 6.44. The Morgan fingerprint density at radius 1 is 1.35 bits per heavy atom. The molecule has 0 fully saturated rings. The van der Waals surface area contributed by atoms with Gasteiger partial charge in [0.25, 0.3) is 0 Å². The molecule has 1 aliphatic rings. The molecule has 2 atom stereocenters. The van der Waals surface area contributed by atoms with Gasteiger partial charge in [-0.25, -0.2) is 0 Å². The second-order valence-electron chi connectivity index (χ2n) is 5.46. The number of alkyl halides is 3. The van der Waals surface area contributed by atoms with Gasteiger partial charge >= 0.3 is 12.1 Å². The van der Waals surface area contributed by atoms with E-state index in [1.54, 1.807) is 6.92 Å². The van der Waals surface area contributed by atoms with Crippen LogP contribution < -0.4 is 5.32 Å². The monoisotopic (exact) mass is 327 g/mol. The van der Waals surface area contributed by atoms with E-state index in [9.17, 15) is 22.8 Å². The van der Waals surface area contributed by atoms with Gasteiger partial charge in [-0.2, -0.15) is 13.2 Å². The zero-order chi connectivity index (χ0) is 17.2. The lowest BCUT2D eigenvalue weighted by molar-refractivity contribution is -0.150. The number of ether oxygens (including phenoxy) is 1. The molecular formula is C16H16F3NO3. The Kier molecular flexibility index (Phi) is 4.77. The number of hydrogen-bond donors (Lipinski definition) is 1. The number of benzene rings is 1. The van der Waals surface area contributed by atoms with Crippen molar-refractivity contribution in [1.82, 2.24) is 0 Å². The van der Waals surface area contributed by atoms with E-state index in [1.165, 1.54) is 25.3 Å². The zero-order valence-corrected chi connectivity index (χ0v) is 12.6. The van der Waals surface area contributed by atoms with Crippen molar-refractivity contribution in [3.05, 3.63) is 41.6 Å². The van der Waals surface area contributed by atoms with E-state index in [4.69, 9.17) is 0 Å². The van der Waals surface area contributed by atoms with E-state index < -0.39 is 29.4 Å². The van der Waals surface area contributed by atoms with Gasteiger partial charge in [0.15, 0.2) is 5.78 Å². The number of anilines is 1. The molecule has 0 spiro atoms. The third-order valence-corrected chi connectivity index (χ3v) is 3.68. The van der Waals surface area contributed by atoms with Crippen LogP contribution in [0.1, 0.15) is 18.9 Å². The van der Waals surface area contributed by atoms with Gasteiger partial charge in [0, 0.05) is 17.5 Å². The van der Waals surface area contributed by atoms with Crippen molar-refractivity contribution in [2.24, 2.45) is 11.8 Å². The molecule has 23 heavy (non-hydrogen) atoms. The normalized spacial score (nSPS) is 21.6. The van der Waals surface area contributed by atoms with Gasteiger partial charge in [-0.05, 0) is 30.5 Å². The molecule has 0 radical (unpaired) electrons. The molecule has 1 aromatic carbocycles. The van der Waals surface area contributed by atoms with Crippen molar-refractivity contribution >= 4 is 17.4 Å². The van der Waals surface area contributed by atoms with Gasteiger partial charge in [0.1, 0.15) is 5.92 Å². The predicted molar refractivity (Wildman–Crippen MR) is 77.4 cm³/mol. The van der Waals surface area contributed by atoms with Crippen LogP contribution in [0, 0.1) is 11.8 Å². The fourth-order valence-electron chi connectivity index (χ4n) is 2.59. The molecule has 4 nitrogen and oxygen atoms in total. The highest BCUT2D eigenvalue weighted by molar-refractivity contribution is 6.06. The standard InChI is InChI=1S/C16H16F3NO3/c1-9-6-12(8-13(21)14(9)15(22)23-2)20-11-5-3-4-10(7-11)16(17,18)19/h3-5,7-9,14,20H,6H2,1-2H3/t9-,14+/m1/s1. The van der Waals surface area contributed by atoms with Crippen molar-refractivity contribution in [3.8, 4) is 0 Å². The Bertz CT molecular complexity index is 652. The molecule has 7 heteroatoms. The van der Waals surface area contributed by atoms with Crippen LogP contribution in [-0.4, -0.2) is 18.9 Å². The van der Waals surface area contributed by atoms with Crippen LogP contribution in [0.5, 0.6) is 0 Å². The molecule has 0 unspecified atom stereocenters. The van der Waals surface area contributed by atoms with Crippen molar-refractivity contribution in [2.75, 3.05) is 12.4 Å². The van der Waals surface area contributed by atoms with Crippen LogP contribution in [0.25, 0.3) is 0 Å². The minimum Gasteiger partial charge on any atom is -0.468 e. The first-order chi connectivity index (χ1) is 10.7. The summed E-state index contributed by atoms with van der Waals surface area (Å²) >= 11 is 0. The number of halogens is 3. The maximum absolute atomic E-state index is 12.7. The van der Waals surface area contributed by atoms with Gasteiger partial charge in [-0.3, -0.25) is 9.59 Å². The van der Waals surface area contributed by atoms with Crippen LogP contribution in [0.2, 0.25) is 0 Å². The number of methoxy groups -OCH3 is 1. The third-order valence-electron chi connectivity index (χ3n) is 3.68. The Morgan fingerprint density at radius 2 is 2.04 bits per heavy atom. The number of nitrogens with one attached hydrogen (secondary N) is 1. The van der Waals surface area contributed by atoms with Crippen molar-refractivity contribution in [2.45, 2.75) is 19.5 Å².